The Labute approximate surface area is 208 Å². The maximum atomic E-state index is 13.2. The number of carbonyl (C=O) groups excluding carboxylic acids is 1. The summed E-state index contributed by atoms with van der Waals surface area (Å²) >= 11 is 1.71. The predicted octanol–water partition coefficient (Wildman–Crippen LogP) is 3.13. The van der Waals surface area contributed by atoms with Gasteiger partial charge < -0.3 is 24.0 Å². The smallest absolute Gasteiger partial charge is 0.259 e. The summed E-state index contributed by atoms with van der Waals surface area (Å²) in [6.07, 6.45) is 3.58. The first kappa shape index (κ1) is 23.5. The van der Waals surface area contributed by atoms with Gasteiger partial charge in [0.1, 0.15) is 12.2 Å². The van der Waals surface area contributed by atoms with Gasteiger partial charge in [0.25, 0.3) is 5.91 Å². The van der Waals surface area contributed by atoms with Crippen molar-refractivity contribution in [1.29, 1.82) is 0 Å². The van der Waals surface area contributed by atoms with Crippen LogP contribution in [0.1, 0.15) is 15.2 Å². The summed E-state index contributed by atoms with van der Waals surface area (Å²) in [5.41, 5.74) is 0.424. The number of hydrogen-bond donors (Lipinski definition) is 0. The summed E-state index contributed by atoms with van der Waals surface area (Å²) in [6, 6.07) is 11.0. The first-order valence-corrected chi connectivity index (χ1v) is 12.6. The number of carbonyl (C=O) groups is 1. The van der Waals surface area contributed by atoms with Gasteiger partial charge >= 0.3 is 0 Å². The molecule has 1 amide bonds. The van der Waals surface area contributed by atoms with E-state index in [0.29, 0.717) is 43.3 Å². The fourth-order valence-corrected chi connectivity index (χ4v) is 5.04. The number of thiazole rings is 1. The lowest BCUT2D eigenvalue weighted by molar-refractivity contribution is 0.0770. The second-order valence-corrected chi connectivity index (χ2v) is 9.56. The Bertz CT molecular complexity index is 1150. The maximum absolute atomic E-state index is 13.2. The quantitative estimate of drug-likeness (QED) is 0.548. The third kappa shape index (κ3) is 5.72. The molecule has 9 nitrogen and oxygen atoms in total. The van der Waals surface area contributed by atoms with Gasteiger partial charge in [-0.25, -0.2) is 9.97 Å². The van der Waals surface area contributed by atoms with Gasteiger partial charge in [0.2, 0.25) is 5.88 Å². The largest absolute Gasteiger partial charge is 0.488 e. The number of anilines is 1. The highest BCUT2D eigenvalue weighted by Gasteiger charge is 2.22. The lowest BCUT2D eigenvalue weighted by Crippen LogP contribution is -2.37. The van der Waals surface area contributed by atoms with Gasteiger partial charge in [0, 0.05) is 63.6 Å². The highest BCUT2D eigenvalue weighted by atomic mass is 32.1. The number of fused-ring (bicyclic) bond motifs is 2. The Morgan fingerprint density at radius 2 is 1.77 bits per heavy atom. The van der Waals surface area contributed by atoms with E-state index in [9.17, 15) is 4.79 Å². The molecule has 0 unspecified atom stereocenters. The molecule has 35 heavy (non-hydrogen) atoms. The van der Waals surface area contributed by atoms with Crippen LogP contribution >= 0.6 is 11.3 Å². The van der Waals surface area contributed by atoms with Crippen molar-refractivity contribution in [2.24, 2.45) is 0 Å². The Morgan fingerprint density at radius 3 is 2.63 bits per heavy atom. The second kappa shape index (κ2) is 11.0. The van der Waals surface area contributed by atoms with Gasteiger partial charge in [-0.2, -0.15) is 0 Å². The van der Waals surface area contributed by atoms with Crippen LogP contribution in [0.25, 0.3) is 0 Å². The molecule has 5 rings (SSSR count). The van der Waals surface area contributed by atoms with Gasteiger partial charge in [-0.3, -0.25) is 9.69 Å². The van der Waals surface area contributed by atoms with Crippen LogP contribution in [0, 0.1) is 0 Å². The van der Waals surface area contributed by atoms with E-state index in [0.717, 1.165) is 38.0 Å². The van der Waals surface area contributed by atoms with Crippen molar-refractivity contribution in [3.8, 4) is 17.4 Å². The van der Waals surface area contributed by atoms with Crippen LogP contribution in [0.3, 0.4) is 0 Å². The van der Waals surface area contributed by atoms with Crippen LogP contribution in [-0.2, 0) is 11.3 Å². The zero-order valence-electron chi connectivity index (χ0n) is 19.8. The Morgan fingerprint density at radius 1 is 0.943 bits per heavy atom. The molecule has 2 aliphatic heterocycles. The van der Waals surface area contributed by atoms with E-state index in [1.807, 2.05) is 37.5 Å². The number of nitrogens with zero attached hydrogens (tertiary/aromatic N) is 5. The summed E-state index contributed by atoms with van der Waals surface area (Å²) < 4.78 is 17.6. The highest BCUT2D eigenvalue weighted by Crippen LogP contribution is 2.32. The number of amides is 1. The number of pyridine rings is 1. The van der Waals surface area contributed by atoms with Crippen molar-refractivity contribution in [3.63, 3.8) is 0 Å². The Kier molecular flexibility index (Phi) is 7.41. The average Bonchev–Trinajstić information content (AvgIpc) is 3.36. The van der Waals surface area contributed by atoms with E-state index in [-0.39, 0.29) is 11.8 Å². The molecule has 1 saturated heterocycles. The SMILES string of the molecule is CN1CCN(Cc2cnc(N3CCOCC3)s2)CCOc2ccccc2Oc2ncccc2C1=O. The van der Waals surface area contributed by atoms with E-state index in [1.165, 1.54) is 4.88 Å². The van der Waals surface area contributed by atoms with Crippen LogP contribution in [0.2, 0.25) is 0 Å². The number of aromatic nitrogens is 2. The minimum absolute atomic E-state index is 0.127. The molecule has 10 heteroatoms. The fraction of sp³-hybridized carbons (Fsp3) is 0.400. The maximum Gasteiger partial charge on any atom is 0.259 e. The normalized spacial score (nSPS) is 17.8. The number of para-hydroxylation sites is 2. The molecular formula is C25H29N5O4S. The molecule has 2 aliphatic rings. The van der Waals surface area contributed by atoms with Crippen LogP contribution < -0.4 is 14.4 Å². The lowest BCUT2D eigenvalue weighted by atomic mass is 10.2. The molecule has 0 N–H and O–H groups in total. The molecular weight excluding hydrogens is 466 g/mol. The lowest BCUT2D eigenvalue weighted by Gasteiger charge is -2.26. The first-order chi connectivity index (χ1) is 17.2. The summed E-state index contributed by atoms with van der Waals surface area (Å²) in [7, 11) is 1.81. The standard InChI is InChI=1S/C25H29N5O4S/c1-28-9-10-29(18-19-17-27-25(35-19)30-12-14-32-15-13-30)11-16-33-21-6-2-3-7-22(21)34-23-20(24(28)31)5-4-8-26-23/h2-8,17H,9-16,18H2,1H3. The van der Waals surface area contributed by atoms with E-state index < -0.39 is 0 Å². The van der Waals surface area contributed by atoms with Gasteiger partial charge in [-0.05, 0) is 24.3 Å². The number of morpholine rings is 1. The summed E-state index contributed by atoms with van der Waals surface area (Å²) in [5.74, 6) is 1.30. The topological polar surface area (TPSA) is 80.3 Å². The molecule has 0 bridgehead atoms. The predicted molar refractivity (Wildman–Crippen MR) is 134 cm³/mol. The number of benzene rings is 1. The van der Waals surface area contributed by atoms with E-state index in [1.54, 1.807) is 34.6 Å². The van der Waals surface area contributed by atoms with E-state index in [4.69, 9.17) is 14.2 Å². The molecule has 0 aliphatic carbocycles. The van der Waals surface area contributed by atoms with Crippen LogP contribution in [0.4, 0.5) is 5.13 Å². The Balaban J connectivity index is 1.35. The molecule has 0 saturated carbocycles. The summed E-state index contributed by atoms with van der Waals surface area (Å²) in [4.78, 5) is 29.7. The number of rotatable bonds is 3. The van der Waals surface area contributed by atoms with Crippen molar-refractivity contribution in [2.75, 3.05) is 64.5 Å². The third-order valence-corrected chi connectivity index (χ3v) is 7.07. The minimum Gasteiger partial charge on any atom is -0.488 e. The second-order valence-electron chi connectivity index (χ2n) is 8.46. The van der Waals surface area contributed by atoms with Gasteiger partial charge in [-0.15, -0.1) is 11.3 Å². The van der Waals surface area contributed by atoms with Gasteiger partial charge in [0.15, 0.2) is 16.6 Å². The molecule has 1 fully saturated rings. The summed E-state index contributed by atoms with van der Waals surface area (Å²) in [6.45, 7) is 6.41. The van der Waals surface area contributed by atoms with Crippen LogP contribution in [0.5, 0.6) is 17.4 Å². The van der Waals surface area contributed by atoms with Gasteiger partial charge in [-0.1, -0.05) is 12.1 Å². The van der Waals surface area contributed by atoms with E-state index in [2.05, 4.69) is 19.8 Å². The average molecular weight is 496 g/mol. The zero-order valence-corrected chi connectivity index (χ0v) is 20.6. The van der Waals surface area contributed by atoms with Crippen molar-refractivity contribution in [1.82, 2.24) is 19.8 Å². The van der Waals surface area contributed by atoms with Crippen molar-refractivity contribution in [3.05, 3.63) is 59.2 Å². The molecule has 0 spiro atoms. The molecule has 4 heterocycles. The van der Waals surface area contributed by atoms with Crippen molar-refractivity contribution in [2.45, 2.75) is 6.54 Å². The molecule has 0 radical (unpaired) electrons. The molecule has 1 aromatic carbocycles. The monoisotopic (exact) mass is 495 g/mol. The minimum atomic E-state index is -0.127. The number of hydrogen-bond acceptors (Lipinski definition) is 9. The zero-order chi connectivity index (χ0) is 24.0. The Hall–Kier alpha value is -3.21. The first-order valence-electron chi connectivity index (χ1n) is 11.8. The van der Waals surface area contributed by atoms with Crippen LogP contribution in [-0.4, -0.2) is 85.3 Å². The van der Waals surface area contributed by atoms with Crippen molar-refractivity contribution >= 4 is 22.4 Å². The fourth-order valence-electron chi connectivity index (χ4n) is 4.04. The summed E-state index contributed by atoms with van der Waals surface area (Å²) in [5, 5.41) is 1.04. The molecule has 184 valence electrons. The van der Waals surface area contributed by atoms with Gasteiger partial charge in [0.05, 0.1) is 13.2 Å². The third-order valence-electron chi connectivity index (χ3n) is 6.02. The highest BCUT2D eigenvalue weighted by molar-refractivity contribution is 7.15. The van der Waals surface area contributed by atoms with E-state index >= 15 is 0 Å². The molecule has 2 aromatic heterocycles. The van der Waals surface area contributed by atoms with Crippen LogP contribution in [0.15, 0.2) is 48.8 Å². The number of ether oxygens (including phenoxy) is 3. The molecule has 3 aromatic rings. The molecule has 0 atom stereocenters. The van der Waals surface area contributed by atoms with Crippen molar-refractivity contribution < 1.29 is 19.0 Å². The number of likely N-dealkylation sites (N-methyl/N-ethyl adjacent to an activating group) is 1.